The van der Waals surface area contributed by atoms with Gasteiger partial charge in [-0.2, -0.15) is 0 Å². The highest BCUT2D eigenvalue weighted by molar-refractivity contribution is 7.99. The quantitative estimate of drug-likeness (QED) is 0.295. The van der Waals surface area contributed by atoms with Crippen LogP contribution in [-0.4, -0.2) is 27.4 Å². The lowest BCUT2D eigenvalue weighted by molar-refractivity contribution is -0.116. The first kappa shape index (κ1) is 23.1. The number of carbonyl (C=O) groups is 1. The van der Waals surface area contributed by atoms with Crippen molar-refractivity contribution in [2.45, 2.75) is 28.5 Å². The van der Waals surface area contributed by atoms with E-state index in [0.717, 1.165) is 27.1 Å². The molecular formula is C27H24N4O2S2. The SMILES string of the molecule is O=C(CCN1C(=S)N[C@H](c2ccccn2)[C@H]1c1ccc(Sc2ccccc2)o1)Nc1ccccc1. The molecule has 1 fully saturated rings. The van der Waals surface area contributed by atoms with Crippen LogP contribution in [0.5, 0.6) is 0 Å². The number of thiocarbonyl (C=S) groups is 1. The molecule has 0 bridgehead atoms. The third-order valence-corrected chi connectivity index (χ3v) is 6.97. The smallest absolute Gasteiger partial charge is 0.226 e. The fraction of sp³-hybridized carbons (Fsp3) is 0.148. The summed E-state index contributed by atoms with van der Waals surface area (Å²) in [4.78, 5) is 20.3. The predicted octanol–water partition coefficient (Wildman–Crippen LogP) is 5.83. The third kappa shape index (κ3) is 5.55. The molecule has 2 N–H and O–H groups in total. The summed E-state index contributed by atoms with van der Waals surface area (Å²) in [5, 5.41) is 7.71. The van der Waals surface area contributed by atoms with Gasteiger partial charge in [-0.3, -0.25) is 9.78 Å². The Balaban J connectivity index is 1.36. The van der Waals surface area contributed by atoms with Crippen LogP contribution in [0.25, 0.3) is 0 Å². The highest BCUT2D eigenvalue weighted by atomic mass is 32.2. The minimum Gasteiger partial charge on any atom is -0.452 e. The van der Waals surface area contributed by atoms with Gasteiger partial charge in [-0.25, -0.2) is 0 Å². The van der Waals surface area contributed by atoms with Gasteiger partial charge in [0.2, 0.25) is 5.91 Å². The predicted molar refractivity (Wildman–Crippen MR) is 141 cm³/mol. The van der Waals surface area contributed by atoms with Crippen LogP contribution in [0.4, 0.5) is 5.69 Å². The van der Waals surface area contributed by atoms with Gasteiger partial charge >= 0.3 is 0 Å². The molecule has 1 aliphatic rings. The molecule has 6 nitrogen and oxygen atoms in total. The van der Waals surface area contributed by atoms with E-state index >= 15 is 0 Å². The monoisotopic (exact) mass is 500 g/mol. The number of nitrogens with zero attached hydrogens (tertiary/aromatic N) is 2. The Morgan fingerprint density at radius 3 is 2.49 bits per heavy atom. The van der Waals surface area contributed by atoms with Crippen LogP contribution in [0.3, 0.4) is 0 Å². The molecule has 0 aliphatic carbocycles. The first-order valence-corrected chi connectivity index (χ1v) is 12.6. The molecule has 4 aromatic rings. The van der Waals surface area contributed by atoms with Gasteiger partial charge in [0.05, 0.1) is 11.7 Å². The molecule has 1 saturated heterocycles. The van der Waals surface area contributed by atoms with Gasteiger partial charge in [-0.1, -0.05) is 54.2 Å². The van der Waals surface area contributed by atoms with Crippen molar-refractivity contribution in [1.82, 2.24) is 15.2 Å². The average Bonchev–Trinajstić information content (AvgIpc) is 3.48. The van der Waals surface area contributed by atoms with Crippen LogP contribution in [0.1, 0.15) is 30.0 Å². The Bertz CT molecular complexity index is 1280. The fourth-order valence-corrected chi connectivity index (χ4v) is 5.21. The summed E-state index contributed by atoms with van der Waals surface area (Å²) in [7, 11) is 0. The van der Waals surface area contributed by atoms with Gasteiger partial charge in [0.25, 0.3) is 0 Å². The largest absolute Gasteiger partial charge is 0.452 e. The highest BCUT2D eigenvalue weighted by Gasteiger charge is 2.41. The Kier molecular flexibility index (Phi) is 7.11. The van der Waals surface area contributed by atoms with E-state index in [1.165, 1.54) is 0 Å². The summed E-state index contributed by atoms with van der Waals surface area (Å²) in [5.74, 6) is 0.703. The Morgan fingerprint density at radius 1 is 1.00 bits per heavy atom. The van der Waals surface area contributed by atoms with E-state index in [0.29, 0.717) is 11.7 Å². The van der Waals surface area contributed by atoms with Crippen LogP contribution in [-0.2, 0) is 4.79 Å². The van der Waals surface area contributed by atoms with E-state index in [9.17, 15) is 4.79 Å². The van der Waals surface area contributed by atoms with Crippen molar-refractivity contribution in [3.8, 4) is 0 Å². The maximum atomic E-state index is 12.6. The van der Waals surface area contributed by atoms with Crippen molar-refractivity contribution in [2.75, 3.05) is 11.9 Å². The molecule has 0 unspecified atom stereocenters. The van der Waals surface area contributed by atoms with Crippen molar-refractivity contribution in [2.24, 2.45) is 0 Å². The zero-order chi connectivity index (χ0) is 24.0. The first-order chi connectivity index (χ1) is 17.2. The molecular weight excluding hydrogens is 476 g/mol. The summed E-state index contributed by atoms with van der Waals surface area (Å²) >= 11 is 7.26. The van der Waals surface area contributed by atoms with Crippen LogP contribution in [0.15, 0.2) is 112 Å². The molecule has 176 valence electrons. The molecule has 8 heteroatoms. The summed E-state index contributed by atoms with van der Waals surface area (Å²) in [5.41, 5.74) is 1.64. The number of aromatic nitrogens is 1. The number of anilines is 1. The Labute approximate surface area is 213 Å². The van der Waals surface area contributed by atoms with E-state index in [1.54, 1.807) is 18.0 Å². The average molecular weight is 501 g/mol. The number of benzene rings is 2. The Morgan fingerprint density at radius 2 is 1.74 bits per heavy atom. The number of hydrogen-bond donors (Lipinski definition) is 2. The van der Waals surface area contributed by atoms with Gasteiger partial charge in [-0.15, -0.1) is 0 Å². The van der Waals surface area contributed by atoms with Crippen LogP contribution < -0.4 is 10.6 Å². The molecule has 0 saturated carbocycles. The summed E-state index contributed by atoms with van der Waals surface area (Å²) in [6.07, 6.45) is 2.06. The number of carbonyl (C=O) groups excluding carboxylic acids is 1. The molecule has 2 aromatic carbocycles. The first-order valence-electron chi connectivity index (χ1n) is 11.3. The van der Waals surface area contributed by atoms with E-state index < -0.39 is 0 Å². The van der Waals surface area contributed by atoms with Crippen LogP contribution in [0.2, 0.25) is 0 Å². The number of pyridine rings is 1. The lowest BCUT2D eigenvalue weighted by Gasteiger charge is -2.25. The van der Waals surface area contributed by atoms with Crippen molar-refractivity contribution < 1.29 is 9.21 Å². The summed E-state index contributed by atoms with van der Waals surface area (Å²) in [6.45, 7) is 0.445. The summed E-state index contributed by atoms with van der Waals surface area (Å²) < 4.78 is 6.30. The van der Waals surface area contributed by atoms with Crippen molar-refractivity contribution in [1.29, 1.82) is 0 Å². The van der Waals surface area contributed by atoms with Gasteiger partial charge < -0.3 is 20.0 Å². The minimum atomic E-state index is -0.230. The molecule has 35 heavy (non-hydrogen) atoms. The fourth-order valence-electron chi connectivity index (χ4n) is 4.08. The van der Waals surface area contributed by atoms with E-state index in [1.807, 2.05) is 95.9 Å². The van der Waals surface area contributed by atoms with Gasteiger partial charge in [0.1, 0.15) is 11.8 Å². The Hall–Kier alpha value is -3.62. The molecule has 0 spiro atoms. The number of hydrogen-bond acceptors (Lipinski definition) is 5. The maximum absolute atomic E-state index is 12.6. The maximum Gasteiger partial charge on any atom is 0.226 e. The molecule has 1 amide bonds. The highest BCUT2D eigenvalue weighted by Crippen LogP contribution is 2.41. The molecule has 2 aromatic heterocycles. The minimum absolute atomic E-state index is 0.0706. The summed E-state index contributed by atoms with van der Waals surface area (Å²) in [6, 6.07) is 28.9. The molecule has 3 heterocycles. The number of rotatable bonds is 8. The number of furan rings is 1. The van der Waals surface area contributed by atoms with Crippen molar-refractivity contribution in [3.05, 3.63) is 109 Å². The molecule has 0 radical (unpaired) electrons. The number of para-hydroxylation sites is 1. The zero-order valence-electron chi connectivity index (χ0n) is 18.8. The molecule has 5 rings (SSSR count). The molecule has 1 aliphatic heterocycles. The van der Waals surface area contributed by atoms with Gasteiger partial charge in [-0.05, 0) is 60.7 Å². The zero-order valence-corrected chi connectivity index (χ0v) is 20.5. The molecule has 2 atom stereocenters. The van der Waals surface area contributed by atoms with Crippen molar-refractivity contribution >= 4 is 40.7 Å². The van der Waals surface area contributed by atoms with E-state index in [-0.39, 0.29) is 24.4 Å². The second-order valence-electron chi connectivity index (χ2n) is 8.06. The lowest BCUT2D eigenvalue weighted by atomic mass is 10.0. The number of nitrogens with one attached hydrogen (secondary N) is 2. The van der Waals surface area contributed by atoms with Gasteiger partial charge in [0.15, 0.2) is 10.2 Å². The second kappa shape index (κ2) is 10.8. The van der Waals surface area contributed by atoms with Crippen LogP contribution in [0, 0.1) is 0 Å². The normalized spacial score (nSPS) is 17.3. The standard InChI is InChI=1S/C27H24N4O2S2/c32-23(29-19-9-3-1-4-10-19)16-18-31-26(25(30-27(31)34)21-13-7-8-17-28-21)22-14-15-24(33-22)35-20-11-5-2-6-12-20/h1-15,17,25-26H,16,18H2,(H,29,32)(H,30,34)/t25-,26-/m1/s1. The van der Waals surface area contributed by atoms with Gasteiger partial charge in [0, 0.05) is 29.7 Å². The second-order valence-corrected chi connectivity index (χ2v) is 9.52. The van der Waals surface area contributed by atoms with E-state index in [2.05, 4.69) is 15.6 Å². The third-order valence-electron chi connectivity index (χ3n) is 5.69. The van der Waals surface area contributed by atoms with Crippen LogP contribution >= 0.6 is 24.0 Å². The topological polar surface area (TPSA) is 70.4 Å². The van der Waals surface area contributed by atoms with Crippen molar-refractivity contribution in [3.63, 3.8) is 0 Å². The lowest BCUT2D eigenvalue weighted by Crippen LogP contribution is -2.32. The van der Waals surface area contributed by atoms with E-state index in [4.69, 9.17) is 16.6 Å². The number of amides is 1.